The van der Waals surface area contributed by atoms with E-state index in [4.69, 9.17) is 15.3 Å². The van der Waals surface area contributed by atoms with E-state index in [1.54, 1.807) is 0 Å². The molecule has 0 aliphatic rings. The highest BCUT2D eigenvalue weighted by Crippen LogP contribution is 1.86. The minimum atomic E-state index is -0.926. The zero-order chi connectivity index (χ0) is 7.98. The van der Waals surface area contributed by atoms with Gasteiger partial charge in [-0.2, -0.15) is 0 Å². The van der Waals surface area contributed by atoms with Crippen LogP contribution in [0.25, 0.3) is 0 Å². The quantitative estimate of drug-likeness (QED) is 0.452. The number of aliphatic hydroxyl groups excluding tert-OH is 3. The van der Waals surface area contributed by atoms with Gasteiger partial charge in [0.1, 0.15) is 19.3 Å². The maximum atomic E-state index is 8.69. The third-order valence-electron chi connectivity index (χ3n) is 0.777. The average molecular weight is 166 g/mol. The number of thiocarbonyl (C=S) groups is 1. The van der Waals surface area contributed by atoms with Gasteiger partial charge in [-0.15, -0.1) is 0 Å². The molecule has 0 spiro atoms. The van der Waals surface area contributed by atoms with Gasteiger partial charge in [0.15, 0.2) is 5.05 Å². The van der Waals surface area contributed by atoms with E-state index in [9.17, 15) is 0 Å². The van der Waals surface area contributed by atoms with Crippen LogP contribution in [0.3, 0.4) is 0 Å². The first-order valence-corrected chi connectivity index (χ1v) is 3.17. The zero-order valence-electron chi connectivity index (χ0n) is 5.36. The van der Waals surface area contributed by atoms with Crippen LogP contribution in [0.2, 0.25) is 0 Å². The Morgan fingerprint density at radius 3 is 2.50 bits per heavy atom. The minimum Gasteiger partial charge on any atom is -0.482 e. The molecule has 0 aromatic heterocycles. The molecule has 0 heterocycles. The summed E-state index contributed by atoms with van der Waals surface area (Å²) in [6, 6.07) is 0. The molecule has 1 unspecified atom stereocenters. The van der Waals surface area contributed by atoms with Crippen molar-refractivity contribution < 1.29 is 20.1 Å². The van der Waals surface area contributed by atoms with Gasteiger partial charge in [-0.05, 0) is 12.2 Å². The van der Waals surface area contributed by atoms with Crippen molar-refractivity contribution in [3.05, 3.63) is 0 Å². The lowest BCUT2D eigenvalue weighted by molar-refractivity contribution is 0.0484. The molecule has 1 atom stereocenters. The highest BCUT2D eigenvalue weighted by molar-refractivity contribution is 7.80. The van der Waals surface area contributed by atoms with Gasteiger partial charge >= 0.3 is 0 Å². The van der Waals surface area contributed by atoms with Crippen molar-refractivity contribution >= 4 is 17.3 Å². The highest BCUT2D eigenvalue weighted by Gasteiger charge is 2.02. The lowest BCUT2D eigenvalue weighted by Crippen LogP contribution is -2.22. The van der Waals surface area contributed by atoms with Crippen molar-refractivity contribution in [1.29, 1.82) is 0 Å². The molecule has 0 aromatic rings. The van der Waals surface area contributed by atoms with E-state index in [0.717, 1.165) is 0 Å². The van der Waals surface area contributed by atoms with Crippen molar-refractivity contribution in [2.24, 2.45) is 0 Å². The maximum absolute atomic E-state index is 8.69. The van der Waals surface area contributed by atoms with Crippen LogP contribution < -0.4 is 0 Å². The van der Waals surface area contributed by atoms with E-state index in [-0.39, 0.29) is 24.9 Å². The molecule has 0 aliphatic carbocycles. The lowest BCUT2D eigenvalue weighted by Gasteiger charge is -2.08. The van der Waals surface area contributed by atoms with Gasteiger partial charge in [-0.25, -0.2) is 0 Å². The lowest BCUT2D eigenvalue weighted by atomic mass is 10.4. The van der Waals surface area contributed by atoms with Crippen molar-refractivity contribution in [3.63, 3.8) is 0 Å². The molecule has 0 bridgehead atoms. The van der Waals surface area contributed by atoms with E-state index >= 15 is 0 Å². The second-order valence-corrected chi connectivity index (χ2v) is 2.13. The standard InChI is InChI=1S/C5H10O4S/c6-1-4(8)3-9-5(10)2-7/h4,6-8H,1-3H2. The topological polar surface area (TPSA) is 69.9 Å². The summed E-state index contributed by atoms with van der Waals surface area (Å²) in [6.07, 6.45) is -0.926. The second-order valence-electron chi connectivity index (χ2n) is 1.68. The van der Waals surface area contributed by atoms with Crippen LogP contribution in [0.1, 0.15) is 0 Å². The Morgan fingerprint density at radius 1 is 1.50 bits per heavy atom. The zero-order valence-corrected chi connectivity index (χ0v) is 6.17. The third-order valence-corrected chi connectivity index (χ3v) is 1.02. The predicted molar refractivity (Wildman–Crippen MR) is 38.7 cm³/mol. The average Bonchev–Trinajstić information content (AvgIpc) is 1.99. The molecule has 5 heteroatoms. The van der Waals surface area contributed by atoms with Gasteiger partial charge in [-0.3, -0.25) is 0 Å². The van der Waals surface area contributed by atoms with Gasteiger partial charge in [0.2, 0.25) is 0 Å². The Balaban J connectivity index is 3.26. The van der Waals surface area contributed by atoms with Crippen LogP contribution in [-0.2, 0) is 4.74 Å². The van der Waals surface area contributed by atoms with Crippen molar-refractivity contribution in [2.75, 3.05) is 19.8 Å². The van der Waals surface area contributed by atoms with Crippen molar-refractivity contribution in [2.45, 2.75) is 6.10 Å². The Bertz CT molecular complexity index is 106. The van der Waals surface area contributed by atoms with E-state index in [2.05, 4.69) is 17.0 Å². The molecular weight excluding hydrogens is 156 g/mol. The molecule has 3 N–H and O–H groups in total. The summed E-state index contributed by atoms with van der Waals surface area (Å²) in [4.78, 5) is 0. The molecule has 0 saturated heterocycles. The van der Waals surface area contributed by atoms with Crippen molar-refractivity contribution in [3.8, 4) is 0 Å². The molecule has 0 aromatic carbocycles. The van der Waals surface area contributed by atoms with Gasteiger partial charge in [0, 0.05) is 0 Å². The van der Waals surface area contributed by atoms with Gasteiger partial charge < -0.3 is 20.1 Å². The number of aliphatic hydroxyl groups is 3. The number of hydrogen-bond donors (Lipinski definition) is 3. The monoisotopic (exact) mass is 166 g/mol. The van der Waals surface area contributed by atoms with Crippen LogP contribution >= 0.6 is 12.2 Å². The molecule has 0 fully saturated rings. The minimum absolute atomic E-state index is 0.0208. The van der Waals surface area contributed by atoms with Crippen LogP contribution in [0.4, 0.5) is 0 Å². The number of ether oxygens (including phenoxy) is 1. The van der Waals surface area contributed by atoms with Crippen LogP contribution in [0, 0.1) is 0 Å². The van der Waals surface area contributed by atoms with E-state index < -0.39 is 6.10 Å². The molecule has 0 rings (SSSR count). The first kappa shape index (κ1) is 9.77. The summed E-state index contributed by atoms with van der Waals surface area (Å²) in [7, 11) is 0. The Labute approximate surface area is 64.1 Å². The van der Waals surface area contributed by atoms with Gasteiger partial charge in [0.05, 0.1) is 6.61 Å². The van der Waals surface area contributed by atoms with Crippen molar-refractivity contribution in [1.82, 2.24) is 0 Å². The molecule has 0 amide bonds. The first-order valence-electron chi connectivity index (χ1n) is 2.76. The fourth-order valence-corrected chi connectivity index (χ4v) is 0.356. The highest BCUT2D eigenvalue weighted by atomic mass is 32.1. The summed E-state index contributed by atoms with van der Waals surface area (Å²) in [5, 5.41) is 25.3. The molecule has 60 valence electrons. The van der Waals surface area contributed by atoms with Gasteiger partial charge in [0.25, 0.3) is 0 Å². The van der Waals surface area contributed by atoms with Crippen LogP contribution in [0.5, 0.6) is 0 Å². The summed E-state index contributed by atoms with van der Waals surface area (Å²) in [5.41, 5.74) is 0. The maximum Gasteiger partial charge on any atom is 0.185 e. The van der Waals surface area contributed by atoms with E-state index in [1.165, 1.54) is 0 Å². The second kappa shape index (κ2) is 5.55. The Morgan fingerprint density at radius 2 is 2.10 bits per heavy atom. The number of rotatable bonds is 4. The molecule has 0 saturated carbocycles. The van der Waals surface area contributed by atoms with Crippen LogP contribution in [0.15, 0.2) is 0 Å². The summed E-state index contributed by atoms with van der Waals surface area (Å²) < 4.78 is 4.62. The predicted octanol–water partition coefficient (Wildman–Crippen LogP) is -1.32. The molecule has 0 radical (unpaired) electrons. The molecule has 0 aliphatic heterocycles. The Hall–Kier alpha value is -0.230. The smallest absolute Gasteiger partial charge is 0.185 e. The fraction of sp³-hybridized carbons (Fsp3) is 0.800. The largest absolute Gasteiger partial charge is 0.482 e. The molecule has 4 nitrogen and oxygen atoms in total. The normalized spacial score (nSPS) is 12.7. The molecule has 10 heavy (non-hydrogen) atoms. The molecular formula is C5H10O4S. The first-order chi connectivity index (χ1) is 4.70. The Kier molecular flexibility index (Phi) is 5.42. The van der Waals surface area contributed by atoms with E-state index in [0.29, 0.717) is 0 Å². The van der Waals surface area contributed by atoms with Crippen LogP contribution in [-0.4, -0.2) is 46.3 Å². The SMILES string of the molecule is OCC(=S)OCC(O)CO. The third kappa shape index (κ3) is 4.63. The summed E-state index contributed by atoms with van der Waals surface area (Å²) in [6.45, 7) is -0.780. The summed E-state index contributed by atoms with van der Waals surface area (Å²) >= 11 is 4.46. The van der Waals surface area contributed by atoms with Gasteiger partial charge in [-0.1, -0.05) is 0 Å². The summed E-state index contributed by atoms with van der Waals surface area (Å²) in [5.74, 6) is 0. The van der Waals surface area contributed by atoms with E-state index in [1.807, 2.05) is 0 Å². The fourth-order valence-electron chi connectivity index (χ4n) is 0.287. The number of hydrogen-bond acceptors (Lipinski definition) is 5.